The molecule has 0 aliphatic heterocycles. The Hall–Kier alpha value is -1.93. The van der Waals surface area contributed by atoms with Crippen molar-refractivity contribution in [1.29, 1.82) is 0 Å². The maximum Gasteiger partial charge on any atom is 0.332 e. The minimum Gasteiger partial charge on any atom is -0.351 e. The Kier molecular flexibility index (Phi) is 4.59. The highest BCUT2D eigenvalue weighted by molar-refractivity contribution is 5.69. The number of rotatable bonds is 6. The molecular weight excluding hydrogens is 276 g/mol. The van der Waals surface area contributed by atoms with Gasteiger partial charge in [-0.2, -0.15) is 0 Å². The van der Waals surface area contributed by atoms with E-state index in [1.54, 1.807) is 11.6 Å². The molecule has 0 aliphatic rings. The fourth-order valence-corrected chi connectivity index (χ4v) is 2.22. The summed E-state index contributed by atoms with van der Waals surface area (Å²) >= 11 is 0. The molecule has 8 nitrogen and oxygen atoms in total. The van der Waals surface area contributed by atoms with Crippen molar-refractivity contribution in [2.75, 3.05) is 13.2 Å². The van der Waals surface area contributed by atoms with E-state index in [-0.39, 0.29) is 5.56 Å². The first-order valence-electron chi connectivity index (χ1n) is 6.85. The zero-order chi connectivity index (χ0) is 15.6. The van der Waals surface area contributed by atoms with Crippen molar-refractivity contribution >= 4 is 11.2 Å². The summed E-state index contributed by atoms with van der Waals surface area (Å²) in [5.41, 5.74) is -0.0554. The molecule has 21 heavy (non-hydrogen) atoms. The summed E-state index contributed by atoms with van der Waals surface area (Å²) in [7, 11) is 3.04. The molecular formula is C13H20N4O4. The van der Waals surface area contributed by atoms with Crippen LogP contribution in [0.2, 0.25) is 0 Å². The molecule has 0 bridgehead atoms. The van der Waals surface area contributed by atoms with Gasteiger partial charge in [0.2, 0.25) is 0 Å². The highest BCUT2D eigenvalue weighted by Gasteiger charge is 2.17. The predicted molar refractivity (Wildman–Crippen MR) is 77.3 cm³/mol. The van der Waals surface area contributed by atoms with E-state index in [0.29, 0.717) is 30.9 Å². The third kappa shape index (κ3) is 2.77. The summed E-state index contributed by atoms with van der Waals surface area (Å²) in [6, 6.07) is 0. The van der Waals surface area contributed by atoms with E-state index in [0.717, 1.165) is 4.57 Å². The lowest BCUT2D eigenvalue weighted by atomic mass is 10.4. The van der Waals surface area contributed by atoms with E-state index in [9.17, 15) is 9.59 Å². The van der Waals surface area contributed by atoms with Crippen molar-refractivity contribution in [1.82, 2.24) is 18.7 Å². The number of fused-ring (bicyclic) bond motifs is 1. The molecule has 0 radical (unpaired) electrons. The maximum atomic E-state index is 12.3. The van der Waals surface area contributed by atoms with Crippen molar-refractivity contribution in [2.24, 2.45) is 14.1 Å². The van der Waals surface area contributed by atoms with E-state index in [1.807, 2.05) is 13.8 Å². The molecule has 0 fully saturated rings. The second kappa shape index (κ2) is 6.23. The number of imidazole rings is 1. The summed E-state index contributed by atoms with van der Waals surface area (Å²) in [4.78, 5) is 28.3. The van der Waals surface area contributed by atoms with E-state index >= 15 is 0 Å². The molecule has 0 aliphatic carbocycles. The summed E-state index contributed by atoms with van der Waals surface area (Å²) in [5, 5.41) is 0. The predicted octanol–water partition coefficient (Wildman–Crippen LogP) is -0.167. The summed E-state index contributed by atoms with van der Waals surface area (Å²) < 4.78 is 15.0. The minimum absolute atomic E-state index is 0.339. The van der Waals surface area contributed by atoms with Crippen LogP contribution in [0.1, 0.15) is 13.8 Å². The Balaban J connectivity index is 2.51. The highest BCUT2D eigenvalue weighted by Crippen LogP contribution is 2.08. The van der Waals surface area contributed by atoms with E-state index in [4.69, 9.17) is 9.47 Å². The molecule has 0 amide bonds. The summed E-state index contributed by atoms with van der Waals surface area (Å²) in [6.07, 6.45) is 1.07. The van der Waals surface area contributed by atoms with Crippen molar-refractivity contribution < 1.29 is 9.47 Å². The summed E-state index contributed by atoms with van der Waals surface area (Å²) in [6.45, 7) is 5.11. The molecule has 2 rings (SSSR count). The lowest BCUT2D eigenvalue weighted by Crippen LogP contribution is -2.38. The molecule has 2 aromatic heterocycles. The Bertz CT molecular complexity index is 737. The first-order chi connectivity index (χ1) is 10.0. The first-order valence-corrected chi connectivity index (χ1v) is 6.85. The first kappa shape index (κ1) is 15.5. The Morgan fingerprint density at radius 3 is 2.33 bits per heavy atom. The Morgan fingerprint density at radius 2 is 1.76 bits per heavy atom. The van der Waals surface area contributed by atoms with Crippen LogP contribution in [0.15, 0.2) is 15.9 Å². The van der Waals surface area contributed by atoms with E-state index in [1.165, 1.54) is 17.9 Å². The minimum atomic E-state index is -0.459. The molecule has 0 spiro atoms. The maximum absolute atomic E-state index is 12.3. The quantitative estimate of drug-likeness (QED) is 0.692. The molecule has 0 saturated carbocycles. The Labute approximate surface area is 121 Å². The standard InChI is InChI=1S/C13H20N4O4/c1-5-20-9(21-6-2)7-17-8-14-11-10(17)12(18)16(4)13(19)15(11)3/h8-9H,5-7H2,1-4H3. The van der Waals surface area contributed by atoms with E-state index in [2.05, 4.69) is 4.98 Å². The number of aromatic nitrogens is 4. The smallest absolute Gasteiger partial charge is 0.332 e. The number of nitrogens with zero attached hydrogens (tertiary/aromatic N) is 4. The second-order valence-electron chi connectivity index (χ2n) is 4.62. The largest absolute Gasteiger partial charge is 0.351 e. The van der Waals surface area contributed by atoms with Gasteiger partial charge in [0.1, 0.15) is 0 Å². The van der Waals surface area contributed by atoms with Crippen LogP contribution < -0.4 is 11.2 Å². The monoisotopic (exact) mass is 296 g/mol. The molecule has 0 atom stereocenters. The molecule has 0 N–H and O–H groups in total. The molecule has 2 aromatic rings. The van der Waals surface area contributed by atoms with Gasteiger partial charge in [0.05, 0.1) is 12.9 Å². The number of ether oxygens (including phenoxy) is 2. The van der Waals surface area contributed by atoms with Gasteiger partial charge in [-0.25, -0.2) is 9.78 Å². The van der Waals surface area contributed by atoms with Gasteiger partial charge in [0.15, 0.2) is 17.5 Å². The fourth-order valence-electron chi connectivity index (χ4n) is 2.22. The fraction of sp³-hybridized carbons (Fsp3) is 0.615. The zero-order valence-corrected chi connectivity index (χ0v) is 12.7. The van der Waals surface area contributed by atoms with Crippen molar-refractivity contribution in [3.63, 3.8) is 0 Å². The molecule has 116 valence electrons. The van der Waals surface area contributed by atoms with E-state index < -0.39 is 12.0 Å². The highest BCUT2D eigenvalue weighted by atomic mass is 16.7. The van der Waals surface area contributed by atoms with Crippen molar-refractivity contribution in [3.05, 3.63) is 27.2 Å². The molecule has 0 aromatic carbocycles. The van der Waals surface area contributed by atoms with Crippen LogP contribution in [-0.2, 0) is 30.1 Å². The molecule has 8 heteroatoms. The van der Waals surface area contributed by atoms with Crippen LogP contribution in [0.3, 0.4) is 0 Å². The lowest BCUT2D eigenvalue weighted by Gasteiger charge is -2.17. The van der Waals surface area contributed by atoms with Gasteiger partial charge in [0.25, 0.3) is 5.56 Å². The molecule has 2 heterocycles. The average molecular weight is 296 g/mol. The zero-order valence-electron chi connectivity index (χ0n) is 12.7. The van der Waals surface area contributed by atoms with Gasteiger partial charge in [-0.3, -0.25) is 13.9 Å². The SMILES string of the molecule is CCOC(Cn1cnc2c1c(=O)n(C)c(=O)n2C)OCC. The normalized spacial score (nSPS) is 11.7. The van der Waals surface area contributed by atoms with Crippen LogP contribution in [0, 0.1) is 0 Å². The topological polar surface area (TPSA) is 80.3 Å². The van der Waals surface area contributed by atoms with Gasteiger partial charge in [-0.1, -0.05) is 0 Å². The number of hydrogen-bond donors (Lipinski definition) is 0. The van der Waals surface area contributed by atoms with Gasteiger partial charge in [-0.05, 0) is 13.8 Å². The molecule has 0 saturated heterocycles. The van der Waals surface area contributed by atoms with Crippen LogP contribution in [-0.4, -0.2) is 38.2 Å². The number of hydrogen-bond acceptors (Lipinski definition) is 5. The second-order valence-corrected chi connectivity index (χ2v) is 4.62. The molecule has 0 unspecified atom stereocenters. The van der Waals surface area contributed by atoms with Crippen molar-refractivity contribution in [3.8, 4) is 0 Å². The van der Waals surface area contributed by atoms with Crippen LogP contribution in [0.5, 0.6) is 0 Å². The average Bonchev–Trinajstić information content (AvgIpc) is 2.87. The summed E-state index contributed by atoms with van der Waals surface area (Å²) in [5.74, 6) is 0. The van der Waals surface area contributed by atoms with Crippen LogP contribution >= 0.6 is 0 Å². The van der Waals surface area contributed by atoms with Crippen molar-refractivity contribution in [2.45, 2.75) is 26.7 Å². The van der Waals surface area contributed by atoms with Gasteiger partial charge < -0.3 is 14.0 Å². The van der Waals surface area contributed by atoms with Gasteiger partial charge in [-0.15, -0.1) is 0 Å². The Morgan fingerprint density at radius 1 is 1.14 bits per heavy atom. The van der Waals surface area contributed by atoms with Gasteiger partial charge in [0, 0.05) is 27.3 Å². The van der Waals surface area contributed by atoms with Gasteiger partial charge >= 0.3 is 5.69 Å². The number of aryl methyl sites for hydroxylation is 1. The lowest BCUT2D eigenvalue weighted by molar-refractivity contribution is -0.143. The van der Waals surface area contributed by atoms with Crippen LogP contribution in [0.25, 0.3) is 11.2 Å². The third-order valence-corrected chi connectivity index (χ3v) is 3.27. The van der Waals surface area contributed by atoms with Crippen LogP contribution in [0.4, 0.5) is 0 Å². The third-order valence-electron chi connectivity index (χ3n) is 3.27.